The first-order valence-electron chi connectivity index (χ1n) is 29.1. The number of phosphoric acid groups is 2. The molecule has 0 spiro atoms. The summed E-state index contributed by atoms with van der Waals surface area (Å²) >= 11 is 0. The van der Waals surface area contributed by atoms with Gasteiger partial charge in [-0.15, -0.1) is 0 Å². The lowest BCUT2D eigenvalue weighted by atomic mass is 10.00. The third-order valence-corrected chi connectivity index (χ3v) is 15.1. The predicted octanol–water partition coefficient (Wildman–Crippen LogP) is 14.1. The van der Waals surface area contributed by atoms with Gasteiger partial charge in [-0.1, -0.05) is 208 Å². The smallest absolute Gasteiger partial charge is 0.462 e. The first kappa shape index (κ1) is 72.1. The maximum atomic E-state index is 12.9. The fourth-order valence-electron chi connectivity index (χ4n) is 7.88. The Kier molecular flexibility index (Phi) is 46.9. The van der Waals surface area contributed by atoms with E-state index in [1.165, 1.54) is 44.9 Å². The van der Waals surface area contributed by atoms with E-state index in [-0.39, 0.29) is 25.7 Å². The molecular weight excluding hydrogens is 995 g/mol. The van der Waals surface area contributed by atoms with E-state index in [2.05, 4.69) is 41.5 Å². The monoisotopic (exact) mass is 1100 g/mol. The molecule has 19 heteroatoms. The van der Waals surface area contributed by atoms with E-state index < -0.39 is 97.5 Å². The number of hydrogen-bond donors (Lipinski definition) is 3. The van der Waals surface area contributed by atoms with Gasteiger partial charge in [-0.3, -0.25) is 37.3 Å². The van der Waals surface area contributed by atoms with Crippen molar-refractivity contribution in [1.29, 1.82) is 0 Å². The SMILES string of the molecule is CCCCCCCCCC(=O)OC[C@H](COP(=O)(O)OC[C@H](O)COP(=O)(O)OC[C@@H](COC(=O)CCCCCCCCC(C)CC)OC(=O)CCCCCCCCC(C)CC)OC(=O)CCCCCCCCC. The van der Waals surface area contributed by atoms with Crippen LogP contribution in [0.4, 0.5) is 0 Å². The molecule has 0 heterocycles. The topological polar surface area (TPSA) is 237 Å². The Morgan fingerprint density at radius 3 is 0.959 bits per heavy atom. The van der Waals surface area contributed by atoms with E-state index in [4.69, 9.17) is 37.0 Å². The molecule has 0 bridgehead atoms. The van der Waals surface area contributed by atoms with Crippen molar-refractivity contribution in [1.82, 2.24) is 0 Å². The van der Waals surface area contributed by atoms with Crippen molar-refractivity contribution in [2.45, 2.75) is 278 Å². The highest BCUT2D eigenvalue weighted by Crippen LogP contribution is 2.45. The highest BCUT2D eigenvalue weighted by molar-refractivity contribution is 7.47. The van der Waals surface area contributed by atoms with Crippen molar-refractivity contribution in [3.05, 3.63) is 0 Å². The molecule has 17 nitrogen and oxygen atoms in total. The van der Waals surface area contributed by atoms with Gasteiger partial charge < -0.3 is 33.8 Å². The summed E-state index contributed by atoms with van der Waals surface area (Å²) in [6.45, 7) is 9.24. The van der Waals surface area contributed by atoms with E-state index in [0.29, 0.717) is 25.7 Å². The second kappa shape index (κ2) is 48.2. The van der Waals surface area contributed by atoms with Crippen LogP contribution in [0.3, 0.4) is 0 Å². The number of esters is 4. The van der Waals surface area contributed by atoms with Gasteiger partial charge in [0, 0.05) is 25.7 Å². The number of phosphoric ester groups is 2. The van der Waals surface area contributed by atoms with Gasteiger partial charge in [0.2, 0.25) is 0 Å². The number of ether oxygens (including phenoxy) is 4. The number of unbranched alkanes of at least 4 members (excludes halogenated alkanes) is 22. The van der Waals surface area contributed by atoms with Crippen molar-refractivity contribution in [2.24, 2.45) is 11.8 Å². The van der Waals surface area contributed by atoms with Gasteiger partial charge in [-0.2, -0.15) is 0 Å². The Hall–Kier alpha value is -1.94. The fraction of sp³-hybridized carbons (Fsp3) is 0.927. The average Bonchev–Trinajstić information content (AvgIpc) is 3.37. The Bertz CT molecular complexity index is 1480. The van der Waals surface area contributed by atoms with E-state index in [1.54, 1.807) is 0 Å². The zero-order valence-electron chi connectivity index (χ0n) is 47.1. The molecule has 0 aromatic rings. The van der Waals surface area contributed by atoms with Crippen molar-refractivity contribution in [3.63, 3.8) is 0 Å². The zero-order valence-corrected chi connectivity index (χ0v) is 48.9. The van der Waals surface area contributed by atoms with E-state index >= 15 is 0 Å². The molecular formula is C55H106O17P2. The minimum absolute atomic E-state index is 0.102. The van der Waals surface area contributed by atoms with Crippen molar-refractivity contribution >= 4 is 39.5 Å². The zero-order chi connectivity index (χ0) is 55.1. The maximum Gasteiger partial charge on any atom is 0.472 e. The van der Waals surface area contributed by atoms with E-state index in [0.717, 1.165) is 134 Å². The van der Waals surface area contributed by atoms with Gasteiger partial charge in [0.15, 0.2) is 12.2 Å². The molecule has 0 aromatic heterocycles. The molecule has 0 radical (unpaired) electrons. The molecule has 0 saturated carbocycles. The van der Waals surface area contributed by atoms with Gasteiger partial charge in [0.05, 0.1) is 26.4 Å². The van der Waals surface area contributed by atoms with Crippen LogP contribution in [0, 0.1) is 11.8 Å². The molecule has 0 rings (SSSR count). The Balaban J connectivity index is 5.22. The van der Waals surface area contributed by atoms with Crippen molar-refractivity contribution < 1.29 is 80.2 Å². The second-order valence-electron chi connectivity index (χ2n) is 20.5. The number of carbonyl (C=O) groups is 4. The van der Waals surface area contributed by atoms with Crippen molar-refractivity contribution in [3.8, 4) is 0 Å². The largest absolute Gasteiger partial charge is 0.472 e. The summed E-state index contributed by atoms with van der Waals surface area (Å²) in [6, 6.07) is 0. The van der Waals surface area contributed by atoms with Gasteiger partial charge in [-0.25, -0.2) is 9.13 Å². The van der Waals surface area contributed by atoms with E-state index in [1.807, 2.05) is 0 Å². The Labute approximate surface area is 447 Å². The lowest BCUT2D eigenvalue weighted by Crippen LogP contribution is -2.30. The number of carbonyl (C=O) groups excluding carboxylic acids is 4. The van der Waals surface area contributed by atoms with Crippen LogP contribution in [0.1, 0.15) is 260 Å². The summed E-state index contributed by atoms with van der Waals surface area (Å²) in [5.41, 5.74) is 0. The molecule has 0 aliphatic rings. The van der Waals surface area contributed by atoms with Gasteiger partial charge in [-0.05, 0) is 37.5 Å². The second-order valence-corrected chi connectivity index (χ2v) is 23.4. The standard InChI is InChI=1S/C55H106O17P2/c1-7-11-13-15-17-25-31-37-52(57)65-43-50(71-54(59)39-33-27-18-16-14-12-8-2)45-69-73(61,62)67-41-49(56)42-68-74(63,64)70-46-51(72-55(60)40-34-28-22-20-24-30-36-48(6)10-4)44-66-53(58)38-32-26-21-19-23-29-35-47(5)9-3/h47-51,56H,7-46H2,1-6H3,(H,61,62)(H,63,64)/t47?,48?,49-,50+,51+/m0/s1. The third-order valence-electron chi connectivity index (χ3n) is 13.2. The predicted molar refractivity (Wildman–Crippen MR) is 289 cm³/mol. The highest BCUT2D eigenvalue weighted by Gasteiger charge is 2.30. The van der Waals surface area contributed by atoms with Crippen molar-refractivity contribution in [2.75, 3.05) is 39.6 Å². The summed E-state index contributed by atoms with van der Waals surface area (Å²) in [5, 5.41) is 10.5. The maximum absolute atomic E-state index is 12.9. The third kappa shape index (κ3) is 47.3. The number of aliphatic hydroxyl groups is 1. The molecule has 0 fully saturated rings. The molecule has 438 valence electrons. The molecule has 0 aromatic carbocycles. The van der Waals surface area contributed by atoms with E-state index in [9.17, 15) is 43.2 Å². The summed E-state index contributed by atoms with van der Waals surface area (Å²) < 4.78 is 67.4. The van der Waals surface area contributed by atoms with Crippen LogP contribution >= 0.6 is 15.6 Å². The lowest BCUT2D eigenvalue weighted by Gasteiger charge is -2.21. The van der Waals surface area contributed by atoms with Crippen LogP contribution in [0.25, 0.3) is 0 Å². The first-order chi connectivity index (χ1) is 35.4. The molecule has 4 unspecified atom stereocenters. The van der Waals surface area contributed by atoms with Crippen LogP contribution < -0.4 is 0 Å². The van der Waals surface area contributed by atoms with Gasteiger partial charge >= 0.3 is 39.5 Å². The minimum Gasteiger partial charge on any atom is -0.462 e. The molecule has 74 heavy (non-hydrogen) atoms. The summed E-state index contributed by atoms with van der Waals surface area (Å²) in [5.74, 6) is -0.708. The number of hydrogen-bond acceptors (Lipinski definition) is 15. The van der Waals surface area contributed by atoms with Gasteiger partial charge in [0.1, 0.15) is 19.3 Å². The number of rotatable bonds is 54. The normalized spacial score (nSPS) is 15.3. The summed E-state index contributed by atoms with van der Waals surface area (Å²) in [6.07, 6.45) is 26.9. The lowest BCUT2D eigenvalue weighted by molar-refractivity contribution is -0.161. The quantitative estimate of drug-likeness (QED) is 0.0222. The van der Waals surface area contributed by atoms with Gasteiger partial charge in [0.25, 0.3) is 0 Å². The fourth-order valence-corrected chi connectivity index (χ4v) is 9.45. The Morgan fingerprint density at radius 2 is 0.649 bits per heavy atom. The van der Waals surface area contributed by atoms with Crippen LogP contribution in [-0.2, 0) is 65.4 Å². The molecule has 0 aliphatic carbocycles. The molecule has 0 saturated heterocycles. The summed E-state index contributed by atoms with van der Waals surface area (Å²) in [7, 11) is -9.86. The summed E-state index contributed by atoms with van der Waals surface area (Å²) in [4.78, 5) is 71.5. The average molecular weight is 1100 g/mol. The minimum atomic E-state index is -4.93. The molecule has 0 amide bonds. The van der Waals surface area contributed by atoms with Crippen LogP contribution in [0.2, 0.25) is 0 Å². The van der Waals surface area contributed by atoms with Crippen LogP contribution in [-0.4, -0.2) is 96.7 Å². The van der Waals surface area contributed by atoms with Crippen LogP contribution in [0.5, 0.6) is 0 Å². The first-order valence-corrected chi connectivity index (χ1v) is 32.1. The molecule has 3 N–H and O–H groups in total. The molecule has 0 aliphatic heterocycles. The number of aliphatic hydroxyl groups excluding tert-OH is 1. The molecule has 7 atom stereocenters. The van der Waals surface area contributed by atoms with Crippen LogP contribution in [0.15, 0.2) is 0 Å². The Morgan fingerprint density at radius 1 is 0.378 bits per heavy atom. The highest BCUT2D eigenvalue weighted by atomic mass is 31.2.